The van der Waals surface area contributed by atoms with Gasteiger partial charge in [0.1, 0.15) is 15.7 Å². The van der Waals surface area contributed by atoms with Crippen LogP contribution in [0.15, 0.2) is 30.9 Å². The fourth-order valence-corrected chi connectivity index (χ4v) is 2.09. The van der Waals surface area contributed by atoms with Crippen LogP contribution in [0.5, 0.6) is 0 Å². The van der Waals surface area contributed by atoms with Crippen molar-refractivity contribution in [2.75, 3.05) is 17.7 Å². The topological polar surface area (TPSA) is 90.9 Å². The van der Waals surface area contributed by atoms with Gasteiger partial charge in [0.25, 0.3) is 0 Å². The Hall–Kier alpha value is -1.89. The van der Waals surface area contributed by atoms with Gasteiger partial charge >= 0.3 is 0 Å². The molecule has 0 atom stereocenters. The maximum absolute atomic E-state index is 11.2. The molecule has 0 amide bonds. The molecular weight excluding hydrogens is 252 g/mol. The Bertz CT molecular complexity index is 631. The summed E-state index contributed by atoms with van der Waals surface area (Å²) in [6.45, 7) is 0.374. The number of imidazole rings is 1. The Morgan fingerprint density at radius 1 is 1.33 bits per heavy atom. The zero-order chi connectivity index (χ0) is 13.2. The van der Waals surface area contributed by atoms with Crippen molar-refractivity contribution in [2.24, 2.45) is 0 Å². The minimum atomic E-state index is -2.99. The number of aromatic nitrogens is 3. The summed E-state index contributed by atoms with van der Waals surface area (Å²) < 4.78 is 24.1. The van der Waals surface area contributed by atoms with E-state index in [1.165, 1.54) is 6.26 Å². The van der Waals surface area contributed by atoms with E-state index in [4.69, 9.17) is 5.73 Å². The van der Waals surface area contributed by atoms with Gasteiger partial charge in [0.05, 0.1) is 24.0 Å². The molecule has 2 aromatic rings. The normalized spacial score (nSPS) is 11.6. The SMILES string of the molecule is CS(=O)(=O)CCn1cncc1-c1ccc(N)nc1. The standard InChI is InChI=1S/C11H14N4O2S/c1-18(16,17)5-4-15-8-13-7-10(15)9-2-3-11(12)14-6-9/h2-3,6-8H,4-5H2,1H3,(H2,12,14). The van der Waals surface area contributed by atoms with Crippen LogP contribution in [0.25, 0.3) is 11.3 Å². The van der Waals surface area contributed by atoms with Crippen LogP contribution in [0, 0.1) is 0 Å². The van der Waals surface area contributed by atoms with Crippen LogP contribution < -0.4 is 5.73 Å². The average molecular weight is 266 g/mol. The maximum Gasteiger partial charge on any atom is 0.149 e. The van der Waals surface area contributed by atoms with Crippen molar-refractivity contribution in [3.05, 3.63) is 30.9 Å². The molecule has 0 fully saturated rings. The zero-order valence-corrected chi connectivity index (χ0v) is 10.8. The molecule has 0 bridgehead atoms. The molecule has 2 aromatic heterocycles. The van der Waals surface area contributed by atoms with Gasteiger partial charge in [0.2, 0.25) is 0 Å². The number of hydrogen-bond donors (Lipinski definition) is 1. The van der Waals surface area contributed by atoms with Gasteiger partial charge in [-0.1, -0.05) is 0 Å². The second kappa shape index (κ2) is 4.77. The Labute approximate surface area is 105 Å². The lowest BCUT2D eigenvalue weighted by Gasteiger charge is -2.07. The predicted octanol–water partition coefficient (Wildman–Crippen LogP) is 0.572. The first kappa shape index (κ1) is 12.6. The number of sulfone groups is 1. The highest BCUT2D eigenvalue weighted by Crippen LogP contribution is 2.18. The van der Waals surface area contributed by atoms with Crippen molar-refractivity contribution in [3.63, 3.8) is 0 Å². The van der Waals surface area contributed by atoms with Crippen molar-refractivity contribution < 1.29 is 8.42 Å². The highest BCUT2D eigenvalue weighted by Gasteiger charge is 2.08. The van der Waals surface area contributed by atoms with Gasteiger partial charge in [-0.3, -0.25) is 0 Å². The minimum Gasteiger partial charge on any atom is -0.384 e. The molecular formula is C11H14N4O2S. The van der Waals surface area contributed by atoms with E-state index in [9.17, 15) is 8.42 Å². The highest BCUT2D eigenvalue weighted by atomic mass is 32.2. The van der Waals surface area contributed by atoms with Gasteiger partial charge in [-0.2, -0.15) is 0 Å². The number of anilines is 1. The van der Waals surface area contributed by atoms with E-state index in [0.717, 1.165) is 11.3 Å². The molecule has 0 aliphatic heterocycles. The van der Waals surface area contributed by atoms with E-state index in [2.05, 4.69) is 9.97 Å². The second-order valence-corrected chi connectivity index (χ2v) is 6.33. The molecule has 2 rings (SSSR count). The average Bonchev–Trinajstić information content (AvgIpc) is 2.75. The summed E-state index contributed by atoms with van der Waals surface area (Å²) in [5.74, 6) is 0.527. The van der Waals surface area contributed by atoms with Crippen LogP contribution in [-0.2, 0) is 16.4 Å². The highest BCUT2D eigenvalue weighted by molar-refractivity contribution is 7.90. The van der Waals surface area contributed by atoms with Crippen LogP contribution in [0.2, 0.25) is 0 Å². The fourth-order valence-electron chi connectivity index (χ4n) is 1.56. The first-order valence-corrected chi connectivity index (χ1v) is 7.41. The molecule has 0 spiro atoms. The van der Waals surface area contributed by atoms with Gasteiger partial charge in [0.15, 0.2) is 0 Å². The summed E-state index contributed by atoms with van der Waals surface area (Å²) in [7, 11) is -2.99. The molecule has 0 aliphatic carbocycles. The van der Waals surface area contributed by atoms with E-state index in [-0.39, 0.29) is 5.75 Å². The molecule has 0 radical (unpaired) electrons. The molecule has 0 aromatic carbocycles. The van der Waals surface area contributed by atoms with Crippen LogP contribution in [0.4, 0.5) is 5.82 Å². The van der Waals surface area contributed by atoms with E-state index in [1.54, 1.807) is 29.4 Å². The number of aryl methyl sites for hydroxylation is 1. The van der Waals surface area contributed by atoms with Crippen molar-refractivity contribution in [2.45, 2.75) is 6.54 Å². The van der Waals surface area contributed by atoms with E-state index in [0.29, 0.717) is 12.4 Å². The first-order valence-electron chi connectivity index (χ1n) is 5.35. The van der Waals surface area contributed by atoms with Gasteiger partial charge in [-0.25, -0.2) is 18.4 Å². The minimum absolute atomic E-state index is 0.0821. The lowest BCUT2D eigenvalue weighted by atomic mass is 10.2. The maximum atomic E-state index is 11.2. The van der Waals surface area contributed by atoms with Crippen molar-refractivity contribution in [1.29, 1.82) is 0 Å². The monoisotopic (exact) mass is 266 g/mol. The largest absolute Gasteiger partial charge is 0.384 e. The summed E-state index contributed by atoms with van der Waals surface area (Å²) in [5.41, 5.74) is 7.20. The van der Waals surface area contributed by atoms with Gasteiger partial charge in [-0.15, -0.1) is 0 Å². The molecule has 2 N–H and O–H groups in total. The fraction of sp³-hybridized carbons (Fsp3) is 0.273. The van der Waals surface area contributed by atoms with Gasteiger partial charge in [0, 0.05) is 24.6 Å². The summed E-state index contributed by atoms with van der Waals surface area (Å²) in [6.07, 6.45) is 6.14. The molecule has 0 saturated carbocycles. The Balaban J connectivity index is 2.25. The van der Waals surface area contributed by atoms with Crippen molar-refractivity contribution in [1.82, 2.24) is 14.5 Å². The molecule has 6 nitrogen and oxygen atoms in total. The number of nitrogen functional groups attached to an aromatic ring is 1. The number of hydrogen-bond acceptors (Lipinski definition) is 5. The first-order chi connectivity index (χ1) is 8.46. The zero-order valence-electron chi connectivity index (χ0n) is 9.94. The lowest BCUT2D eigenvalue weighted by Crippen LogP contribution is -2.11. The molecule has 0 saturated heterocycles. The van der Waals surface area contributed by atoms with Crippen LogP contribution >= 0.6 is 0 Å². The summed E-state index contributed by atoms with van der Waals surface area (Å²) >= 11 is 0. The Morgan fingerprint density at radius 3 is 2.72 bits per heavy atom. The molecule has 96 valence electrons. The quantitative estimate of drug-likeness (QED) is 0.873. The van der Waals surface area contributed by atoms with Crippen molar-refractivity contribution >= 4 is 15.7 Å². The molecule has 2 heterocycles. The number of nitrogens with zero attached hydrogens (tertiary/aromatic N) is 3. The predicted molar refractivity (Wildman–Crippen MR) is 69.6 cm³/mol. The van der Waals surface area contributed by atoms with E-state index in [1.807, 2.05) is 6.07 Å². The number of pyridine rings is 1. The summed E-state index contributed by atoms with van der Waals surface area (Å²) in [6, 6.07) is 3.53. The number of rotatable bonds is 4. The second-order valence-electron chi connectivity index (χ2n) is 4.07. The van der Waals surface area contributed by atoms with Crippen LogP contribution in [0.3, 0.4) is 0 Å². The number of nitrogens with two attached hydrogens (primary N) is 1. The van der Waals surface area contributed by atoms with Crippen molar-refractivity contribution in [3.8, 4) is 11.3 Å². The summed E-state index contributed by atoms with van der Waals surface area (Å²) in [4.78, 5) is 8.03. The van der Waals surface area contributed by atoms with E-state index < -0.39 is 9.84 Å². The van der Waals surface area contributed by atoms with Crippen LogP contribution in [0.1, 0.15) is 0 Å². The Morgan fingerprint density at radius 2 is 2.11 bits per heavy atom. The summed E-state index contributed by atoms with van der Waals surface area (Å²) in [5, 5.41) is 0. The van der Waals surface area contributed by atoms with E-state index >= 15 is 0 Å². The smallest absolute Gasteiger partial charge is 0.149 e. The molecule has 18 heavy (non-hydrogen) atoms. The van der Waals surface area contributed by atoms with Gasteiger partial charge < -0.3 is 10.3 Å². The molecule has 0 aliphatic rings. The van der Waals surface area contributed by atoms with Crippen LogP contribution in [-0.4, -0.2) is 35.0 Å². The molecule has 7 heteroatoms. The third kappa shape index (κ3) is 3.07. The Kier molecular flexibility index (Phi) is 3.33. The van der Waals surface area contributed by atoms with Gasteiger partial charge in [-0.05, 0) is 12.1 Å². The molecule has 0 unspecified atom stereocenters. The lowest BCUT2D eigenvalue weighted by molar-refractivity contribution is 0.595. The third-order valence-corrected chi connectivity index (χ3v) is 3.42. The third-order valence-electron chi connectivity index (χ3n) is 2.50.